The lowest BCUT2D eigenvalue weighted by Crippen LogP contribution is -2.50. The summed E-state index contributed by atoms with van der Waals surface area (Å²) in [7, 11) is 1.85. The van der Waals surface area contributed by atoms with Crippen molar-refractivity contribution in [2.75, 3.05) is 20.2 Å². The predicted molar refractivity (Wildman–Crippen MR) is 134 cm³/mol. The molecule has 2 N–H and O–H groups in total. The van der Waals surface area contributed by atoms with Gasteiger partial charge in [-0.15, -0.1) is 0 Å². The standard InChI is InChI=1S/C27H47N3O5/c1-30-17-11-5-3-2-4-9-15-22(20-24(31)29-35-25-16-10-12-18-34-25)26(32)28-23(27(30)33)19-21-13-7-6-8-14-21/h21-23,25H,2-20H2,1H3,(H,28,32)(H,29,31)/t22?,23?,25-/m0/s1. The van der Waals surface area contributed by atoms with E-state index >= 15 is 0 Å². The third-order valence-corrected chi connectivity index (χ3v) is 7.83. The molecule has 2 saturated heterocycles. The van der Waals surface area contributed by atoms with Crippen LogP contribution in [0, 0.1) is 11.8 Å². The van der Waals surface area contributed by atoms with Crippen LogP contribution in [0.2, 0.25) is 0 Å². The molecular weight excluding hydrogens is 446 g/mol. The minimum Gasteiger partial charge on any atom is -0.350 e. The van der Waals surface area contributed by atoms with E-state index in [9.17, 15) is 14.4 Å². The Kier molecular flexibility index (Phi) is 12.3. The molecule has 3 atom stereocenters. The van der Waals surface area contributed by atoms with E-state index in [-0.39, 0.29) is 24.1 Å². The van der Waals surface area contributed by atoms with Gasteiger partial charge in [0.2, 0.25) is 17.7 Å². The lowest BCUT2D eigenvalue weighted by Gasteiger charge is -2.30. The third kappa shape index (κ3) is 10.1. The van der Waals surface area contributed by atoms with Crippen molar-refractivity contribution in [2.24, 2.45) is 11.8 Å². The minimum absolute atomic E-state index is 0.00182. The number of amides is 3. The Labute approximate surface area is 211 Å². The second-order valence-electron chi connectivity index (χ2n) is 10.8. The van der Waals surface area contributed by atoms with Gasteiger partial charge in [0.15, 0.2) is 6.29 Å². The number of hydrogen-bond donors (Lipinski definition) is 2. The first kappa shape index (κ1) is 27.9. The molecule has 3 fully saturated rings. The molecule has 8 nitrogen and oxygen atoms in total. The Bertz CT molecular complexity index is 661. The molecule has 8 heteroatoms. The van der Waals surface area contributed by atoms with Gasteiger partial charge in [-0.05, 0) is 38.0 Å². The van der Waals surface area contributed by atoms with E-state index in [1.807, 2.05) is 7.05 Å². The van der Waals surface area contributed by atoms with E-state index in [4.69, 9.17) is 9.57 Å². The van der Waals surface area contributed by atoms with Gasteiger partial charge in [0.05, 0.1) is 0 Å². The summed E-state index contributed by atoms with van der Waals surface area (Å²) in [5, 5.41) is 3.08. The zero-order valence-corrected chi connectivity index (χ0v) is 21.7. The number of carbonyl (C=O) groups is 3. The highest BCUT2D eigenvalue weighted by Crippen LogP contribution is 2.28. The molecule has 0 spiro atoms. The van der Waals surface area contributed by atoms with Gasteiger partial charge in [-0.25, -0.2) is 10.3 Å². The van der Waals surface area contributed by atoms with Crippen LogP contribution in [0.1, 0.15) is 109 Å². The van der Waals surface area contributed by atoms with Crippen LogP contribution in [-0.4, -0.2) is 55.2 Å². The van der Waals surface area contributed by atoms with Crippen LogP contribution in [-0.2, 0) is 24.0 Å². The molecule has 3 amide bonds. The zero-order chi connectivity index (χ0) is 24.9. The van der Waals surface area contributed by atoms with Crippen LogP contribution in [0.4, 0.5) is 0 Å². The normalized spacial score (nSPS) is 28.7. The van der Waals surface area contributed by atoms with E-state index in [1.54, 1.807) is 4.90 Å². The van der Waals surface area contributed by atoms with E-state index in [2.05, 4.69) is 10.8 Å². The average Bonchev–Trinajstić information content (AvgIpc) is 2.88. The maximum Gasteiger partial charge on any atom is 0.244 e. The molecule has 1 saturated carbocycles. The second kappa shape index (κ2) is 15.4. The summed E-state index contributed by atoms with van der Waals surface area (Å²) in [6.45, 7) is 1.36. The third-order valence-electron chi connectivity index (χ3n) is 7.83. The number of rotatable bonds is 6. The molecule has 0 radical (unpaired) electrons. The van der Waals surface area contributed by atoms with Gasteiger partial charge in [0, 0.05) is 39.0 Å². The fourth-order valence-electron chi connectivity index (χ4n) is 5.62. The van der Waals surface area contributed by atoms with Crippen LogP contribution >= 0.6 is 0 Å². The summed E-state index contributed by atoms with van der Waals surface area (Å²) < 4.78 is 5.50. The first-order chi connectivity index (χ1) is 17.0. The van der Waals surface area contributed by atoms with Gasteiger partial charge in [-0.1, -0.05) is 64.2 Å². The van der Waals surface area contributed by atoms with Crippen molar-refractivity contribution in [2.45, 2.75) is 121 Å². The molecule has 0 bridgehead atoms. The highest BCUT2D eigenvalue weighted by molar-refractivity contribution is 5.90. The van der Waals surface area contributed by atoms with E-state index in [0.29, 0.717) is 25.4 Å². The van der Waals surface area contributed by atoms with Crippen molar-refractivity contribution in [3.8, 4) is 0 Å². The molecule has 200 valence electrons. The monoisotopic (exact) mass is 493 g/mol. The van der Waals surface area contributed by atoms with Crippen molar-refractivity contribution in [1.29, 1.82) is 0 Å². The Morgan fingerprint density at radius 3 is 2.34 bits per heavy atom. The number of hydroxylamine groups is 1. The summed E-state index contributed by atoms with van der Waals surface area (Å²) >= 11 is 0. The average molecular weight is 494 g/mol. The van der Waals surface area contributed by atoms with Crippen molar-refractivity contribution in [3.63, 3.8) is 0 Å². The van der Waals surface area contributed by atoms with Gasteiger partial charge >= 0.3 is 0 Å². The van der Waals surface area contributed by atoms with Crippen molar-refractivity contribution in [1.82, 2.24) is 15.7 Å². The number of carbonyl (C=O) groups excluding carboxylic acids is 3. The van der Waals surface area contributed by atoms with Crippen LogP contribution in [0.15, 0.2) is 0 Å². The Morgan fingerprint density at radius 2 is 1.60 bits per heavy atom. The number of nitrogens with zero attached hydrogens (tertiary/aromatic N) is 1. The molecular formula is C27H47N3O5. The number of likely N-dealkylation sites (N-methyl/N-ethyl adjacent to an activating group) is 1. The molecule has 2 unspecified atom stereocenters. The van der Waals surface area contributed by atoms with Gasteiger partial charge in [0.1, 0.15) is 6.04 Å². The largest absolute Gasteiger partial charge is 0.350 e. The van der Waals surface area contributed by atoms with E-state index < -0.39 is 18.2 Å². The second-order valence-corrected chi connectivity index (χ2v) is 10.8. The van der Waals surface area contributed by atoms with Crippen molar-refractivity contribution >= 4 is 17.7 Å². The molecule has 0 aromatic rings. The molecule has 0 aromatic carbocycles. The van der Waals surface area contributed by atoms with Crippen LogP contribution in [0.5, 0.6) is 0 Å². The zero-order valence-electron chi connectivity index (χ0n) is 21.7. The van der Waals surface area contributed by atoms with Gasteiger partial charge in [-0.3, -0.25) is 14.4 Å². The summed E-state index contributed by atoms with van der Waals surface area (Å²) in [4.78, 5) is 46.6. The van der Waals surface area contributed by atoms with Crippen molar-refractivity contribution < 1.29 is 24.0 Å². The van der Waals surface area contributed by atoms with Crippen LogP contribution < -0.4 is 10.8 Å². The molecule has 0 aromatic heterocycles. The number of hydrogen-bond acceptors (Lipinski definition) is 5. The maximum absolute atomic E-state index is 13.4. The lowest BCUT2D eigenvalue weighted by molar-refractivity contribution is -0.200. The quantitative estimate of drug-likeness (QED) is 0.540. The summed E-state index contributed by atoms with van der Waals surface area (Å²) in [6, 6.07) is -0.518. The fourth-order valence-corrected chi connectivity index (χ4v) is 5.62. The van der Waals surface area contributed by atoms with E-state index in [0.717, 1.165) is 77.2 Å². The lowest BCUT2D eigenvalue weighted by atomic mass is 9.84. The fraction of sp³-hybridized carbons (Fsp3) is 0.889. The highest BCUT2D eigenvalue weighted by atomic mass is 16.8. The molecule has 1 aliphatic carbocycles. The topological polar surface area (TPSA) is 97.0 Å². The number of nitrogens with one attached hydrogen (secondary N) is 2. The van der Waals surface area contributed by atoms with Gasteiger partial charge in [-0.2, -0.15) is 0 Å². The Hall–Kier alpha value is -1.67. The molecule has 2 aliphatic heterocycles. The first-order valence-corrected chi connectivity index (χ1v) is 14.1. The Morgan fingerprint density at radius 1 is 0.943 bits per heavy atom. The smallest absolute Gasteiger partial charge is 0.244 e. The predicted octanol–water partition coefficient (Wildman–Crippen LogP) is 4.23. The summed E-state index contributed by atoms with van der Waals surface area (Å²) in [6.07, 6.45) is 16.0. The summed E-state index contributed by atoms with van der Waals surface area (Å²) in [5.74, 6) is -0.500. The first-order valence-electron chi connectivity index (χ1n) is 14.1. The van der Waals surface area contributed by atoms with Gasteiger partial charge < -0.3 is 15.0 Å². The molecule has 3 aliphatic rings. The summed E-state index contributed by atoms with van der Waals surface area (Å²) in [5.41, 5.74) is 2.50. The SMILES string of the molecule is CN1CCCCCCCCC(CC(=O)NO[C@H]2CCCCO2)C(=O)NC(CC2CCCCC2)C1=O. The molecule has 35 heavy (non-hydrogen) atoms. The molecule has 2 heterocycles. The van der Waals surface area contributed by atoms with Crippen LogP contribution in [0.25, 0.3) is 0 Å². The van der Waals surface area contributed by atoms with Crippen LogP contribution in [0.3, 0.4) is 0 Å². The highest BCUT2D eigenvalue weighted by Gasteiger charge is 2.31. The Balaban J connectivity index is 1.63. The minimum atomic E-state index is -0.518. The number of ether oxygens (including phenoxy) is 1. The molecule has 3 rings (SSSR count). The maximum atomic E-state index is 13.4. The van der Waals surface area contributed by atoms with Gasteiger partial charge in [0.25, 0.3) is 0 Å². The van der Waals surface area contributed by atoms with Crippen molar-refractivity contribution in [3.05, 3.63) is 0 Å². The van der Waals surface area contributed by atoms with E-state index in [1.165, 1.54) is 19.3 Å².